The van der Waals surface area contributed by atoms with Gasteiger partial charge >= 0.3 is 0 Å². The summed E-state index contributed by atoms with van der Waals surface area (Å²) in [5.41, 5.74) is 12.6. The third-order valence-electron chi connectivity index (χ3n) is 11.5. The van der Waals surface area contributed by atoms with Crippen LogP contribution in [0.2, 0.25) is 0 Å². The summed E-state index contributed by atoms with van der Waals surface area (Å²) >= 11 is 1.92. The first-order valence-electron chi connectivity index (χ1n) is 19.5. The Balaban J connectivity index is 1.31. The molecule has 0 amide bonds. The Hall–Kier alpha value is -6.88. The minimum Gasteiger partial charge on any atom is -0.345 e. The first-order valence-corrected chi connectivity index (χ1v) is 20.3. The molecule has 0 aliphatic heterocycles. The van der Waals surface area contributed by atoms with Gasteiger partial charge in [0.15, 0.2) is 0 Å². The van der Waals surface area contributed by atoms with Crippen LogP contribution in [-0.4, -0.2) is 16.2 Å². The summed E-state index contributed by atoms with van der Waals surface area (Å²) in [7, 11) is 2.15. The predicted molar refractivity (Wildman–Crippen MR) is 252 cm³/mol. The van der Waals surface area contributed by atoms with Crippen molar-refractivity contribution in [1.82, 2.24) is 9.13 Å². The molecule has 57 heavy (non-hydrogen) atoms. The number of benzene rings is 7. The van der Waals surface area contributed by atoms with Gasteiger partial charge < -0.3 is 14.0 Å². The van der Waals surface area contributed by atoms with Crippen molar-refractivity contribution in [3.05, 3.63) is 181 Å². The number of hydrogen-bond acceptors (Lipinski definition) is 2. The van der Waals surface area contributed by atoms with Gasteiger partial charge in [-0.05, 0) is 109 Å². The lowest BCUT2D eigenvalue weighted by Crippen LogP contribution is -2.08. The normalized spacial score (nSPS) is 12.1. The molecular weight excluding hydrogens is 711 g/mol. The third kappa shape index (κ3) is 5.32. The molecule has 0 spiro atoms. The quantitative estimate of drug-likeness (QED) is 0.151. The van der Waals surface area contributed by atoms with Gasteiger partial charge in [0.2, 0.25) is 0 Å². The molecule has 0 N–H and O–H groups in total. The maximum atomic E-state index is 4.14. The minimum absolute atomic E-state index is 1.06. The molecule has 0 aliphatic rings. The van der Waals surface area contributed by atoms with Crippen LogP contribution in [0.4, 0.5) is 11.4 Å². The molecule has 0 unspecified atom stereocenters. The van der Waals surface area contributed by atoms with Gasteiger partial charge in [0.05, 0.1) is 22.2 Å². The lowest BCUT2D eigenvalue weighted by Gasteiger charge is -2.19. The van der Waals surface area contributed by atoms with E-state index in [0.29, 0.717) is 0 Å². The second-order valence-corrected chi connectivity index (χ2v) is 15.6. The first-order chi connectivity index (χ1) is 28.0. The molecule has 0 saturated heterocycles. The summed E-state index contributed by atoms with van der Waals surface area (Å²) in [6.45, 7) is 12.4. The lowest BCUT2D eigenvalue weighted by molar-refractivity contribution is 1.11. The van der Waals surface area contributed by atoms with Gasteiger partial charge in [0.1, 0.15) is 0 Å². The molecule has 0 fully saturated rings. The second-order valence-electron chi connectivity index (χ2n) is 14.6. The lowest BCUT2D eigenvalue weighted by atomic mass is 10.0. The number of nitrogens with zero attached hydrogens (tertiary/aromatic N) is 3. The molecule has 274 valence electrons. The number of para-hydroxylation sites is 1. The van der Waals surface area contributed by atoms with Crippen molar-refractivity contribution < 1.29 is 0 Å². The number of anilines is 2. The van der Waals surface area contributed by atoms with Gasteiger partial charge in [-0.1, -0.05) is 110 Å². The Morgan fingerprint density at radius 2 is 1.18 bits per heavy atom. The van der Waals surface area contributed by atoms with Crippen LogP contribution in [0.25, 0.3) is 99.3 Å². The fourth-order valence-electron chi connectivity index (χ4n) is 8.81. The summed E-state index contributed by atoms with van der Waals surface area (Å²) in [6.07, 6.45) is 12.7. The standard InChI is InChI=1S/C53H41N3S/c1-6-15-44-46(16-7-2)55(41-24-22-36-17-13-14-18-37(36)32-41)48-29-26-42-43-27-30-49-51(53(43)57-52(42)50(44)48)45-33-39(54(5)38-19-11-10-12-20-38)25-28-47(45)56(49)40-23-21-34(8-3)35(9-4)31-40/h6-33H,3-4H2,1-2,5H3/b15-6+,16-7-. The van der Waals surface area contributed by atoms with Crippen molar-refractivity contribution in [1.29, 1.82) is 0 Å². The van der Waals surface area contributed by atoms with Gasteiger partial charge in [-0.25, -0.2) is 0 Å². The van der Waals surface area contributed by atoms with Gasteiger partial charge in [0, 0.05) is 71.7 Å². The van der Waals surface area contributed by atoms with E-state index in [4.69, 9.17) is 0 Å². The van der Waals surface area contributed by atoms with E-state index in [0.717, 1.165) is 33.9 Å². The molecule has 0 aliphatic carbocycles. The zero-order valence-corrected chi connectivity index (χ0v) is 33.1. The number of allylic oxidation sites excluding steroid dienone is 2. The Labute approximate surface area is 336 Å². The van der Waals surface area contributed by atoms with Crippen LogP contribution >= 0.6 is 11.3 Å². The van der Waals surface area contributed by atoms with E-state index in [1.54, 1.807) is 0 Å². The van der Waals surface area contributed by atoms with E-state index in [1.807, 2.05) is 23.5 Å². The van der Waals surface area contributed by atoms with Crippen LogP contribution in [0.5, 0.6) is 0 Å². The molecular formula is C53H41N3S. The highest BCUT2D eigenvalue weighted by atomic mass is 32.1. The molecule has 0 atom stereocenters. The van der Waals surface area contributed by atoms with Gasteiger partial charge in [-0.15, -0.1) is 11.3 Å². The summed E-state index contributed by atoms with van der Waals surface area (Å²) < 4.78 is 7.46. The summed E-state index contributed by atoms with van der Waals surface area (Å²) in [6, 6.07) is 48.8. The van der Waals surface area contributed by atoms with Crippen LogP contribution in [0.1, 0.15) is 36.2 Å². The van der Waals surface area contributed by atoms with E-state index in [9.17, 15) is 0 Å². The zero-order chi connectivity index (χ0) is 38.8. The Kier molecular flexibility index (Phi) is 8.32. The monoisotopic (exact) mass is 751 g/mol. The molecule has 0 saturated carbocycles. The smallest absolute Gasteiger partial charge is 0.0555 e. The number of hydrogen-bond donors (Lipinski definition) is 0. The van der Waals surface area contributed by atoms with Crippen molar-refractivity contribution in [2.75, 3.05) is 11.9 Å². The van der Waals surface area contributed by atoms with Gasteiger partial charge in [-0.2, -0.15) is 0 Å². The van der Waals surface area contributed by atoms with E-state index in [1.165, 1.54) is 74.9 Å². The largest absolute Gasteiger partial charge is 0.345 e. The molecule has 7 aromatic carbocycles. The van der Waals surface area contributed by atoms with Gasteiger partial charge in [0.25, 0.3) is 0 Å². The maximum Gasteiger partial charge on any atom is 0.0555 e. The number of rotatable bonds is 8. The minimum atomic E-state index is 1.06. The first kappa shape index (κ1) is 34.6. The number of aromatic nitrogens is 2. The Morgan fingerprint density at radius 1 is 0.526 bits per heavy atom. The fraction of sp³-hybridized carbons (Fsp3) is 0.0566. The van der Waals surface area contributed by atoms with Crippen LogP contribution in [0, 0.1) is 0 Å². The summed E-state index contributed by atoms with van der Waals surface area (Å²) in [5.74, 6) is 0. The molecule has 3 aromatic heterocycles. The van der Waals surface area contributed by atoms with Gasteiger partial charge in [-0.3, -0.25) is 0 Å². The molecule has 3 heterocycles. The predicted octanol–water partition coefficient (Wildman–Crippen LogP) is 15.4. The highest BCUT2D eigenvalue weighted by Gasteiger charge is 2.23. The fourth-order valence-corrected chi connectivity index (χ4v) is 10.2. The van der Waals surface area contributed by atoms with Crippen molar-refractivity contribution >= 4 is 111 Å². The van der Waals surface area contributed by atoms with Crippen molar-refractivity contribution in [3.8, 4) is 11.4 Å². The maximum absolute atomic E-state index is 4.14. The second kappa shape index (κ2) is 13.7. The molecule has 0 radical (unpaired) electrons. The van der Waals surface area contributed by atoms with E-state index in [-0.39, 0.29) is 0 Å². The molecule has 0 bridgehead atoms. The van der Waals surface area contributed by atoms with Crippen molar-refractivity contribution in [2.24, 2.45) is 0 Å². The Bertz CT molecular complexity index is 3310. The highest BCUT2D eigenvalue weighted by molar-refractivity contribution is 7.27. The molecule has 3 nitrogen and oxygen atoms in total. The number of thiophene rings is 1. The summed E-state index contributed by atoms with van der Waals surface area (Å²) in [5, 5.41) is 8.80. The molecule has 10 rings (SSSR count). The third-order valence-corrected chi connectivity index (χ3v) is 12.7. The topological polar surface area (TPSA) is 13.1 Å². The van der Waals surface area contributed by atoms with E-state index < -0.39 is 0 Å². The Morgan fingerprint density at radius 3 is 1.91 bits per heavy atom. The van der Waals surface area contributed by atoms with E-state index in [2.05, 4.69) is 206 Å². The van der Waals surface area contributed by atoms with Crippen molar-refractivity contribution in [3.63, 3.8) is 0 Å². The average molecular weight is 752 g/mol. The van der Waals surface area contributed by atoms with Crippen LogP contribution in [-0.2, 0) is 0 Å². The van der Waals surface area contributed by atoms with Crippen LogP contribution in [0.3, 0.4) is 0 Å². The molecule has 4 heteroatoms. The summed E-state index contributed by atoms with van der Waals surface area (Å²) in [4.78, 5) is 2.27. The number of fused-ring (bicyclic) bond motifs is 10. The average Bonchev–Trinajstić information content (AvgIpc) is 3.90. The van der Waals surface area contributed by atoms with Crippen LogP contribution < -0.4 is 4.90 Å². The van der Waals surface area contributed by atoms with Crippen LogP contribution in [0.15, 0.2) is 159 Å². The molecule has 10 aromatic rings. The SMILES string of the molecule is C=Cc1ccc(-n2c3ccc(N(C)c4ccccc4)cc3c3c4sc5c(ccc6c5c(/C=C/C)c(/C=C\C)n6-c5ccc6ccccc6c5)c4ccc32)cc1C=C. The highest BCUT2D eigenvalue weighted by Crippen LogP contribution is 2.48. The van der Waals surface area contributed by atoms with E-state index >= 15 is 0 Å². The van der Waals surface area contributed by atoms with Crippen molar-refractivity contribution in [2.45, 2.75) is 13.8 Å². The zero-order valence-electron chi connectivity index (χ0n) is 32.3.